The summed E-state index contributed by atoms with van der Waals surface area (Å²) in [6.07, 6.45) is 5.61. The van der Waals surface area contributed by atoms with Crippen LogP contribution in [-0.2, 0) is 11.3 Å². The second-order valence-electron chi connectivity index (χ2n) is 4.25. The molecule has 0 spiro atoms. The molecular formula is C10H17N5O. The maximum absolute atomic E-state index is 11.9. The molecular weight excluding hydrogens is 206 g/mol. The molecule has 1 saturated carbocycles. The molecule has 0 saturated heterocycles. The van der Waals surface area contributed by atoms with E-state index in [0.29, 0.717) is 12.5 Å². The van der Waals surface area contributed by atoms with E-state index >= 15 is 0 Å². The predicted octanol–water partition coefficient (Wildman–Crippen LogP) is -0.526. The van der Waals surface area contributed by atoms with Crippen LogP contribution in [0.1, 0.15) is 12.8 Å². The molecule has 6 heteroatoms. The SMILES string of the molecule is CN(C(=O)Cn1ccnn1)C(CN)C1CC1. The number of carbonyl (C=O) groups is 1. The Balaban J connectivity index is 1.92. The van der Waals surface area contributed by atoms with Crippen LogP contribution in [0.3, 0.4) is 0 Å². The van der Waals surface area contributed by atoms with Crippen LogP contribution in [0.2, 0.25) is 0 Å². The van der Waals surface area contributed by atoms with Crippen molar-refractivity contribution >= 4 is 5.91 Å². The van der Waals surface area contributed by atoms with E-state index in [4.69, 9.17) is 5.73 Å². The zero-order chi connectivity index (χ0) is 11.5. The Hall–Kier alpha value is -1.43. The number of aromatic nitrogens is 3. The Morgan fingerprint density at radius 3 is 2.94 bits per heavy atom. The summed E-state index contributed by atoms with van der Waals surface area (Å²) >= 11 is 0. The first kappa shape index (κ1) is 11.1. The Morgan fingerprint density at radius 1 is 1.69 bits per heavy atom. The van der Waals surface area contributed by atoms with Gasteiger partial charge in [0.25, 0.3) is 0 Å². The third kappa shape index (κ3) is 2.38. The molecule has 16 heavy (non-hydrogen) atoms. The molecule has 1 aliphatic carbocycles. The van der Waals surface area contributed by atoms with Crippen molar-refractivity contribution in [2.75, 3.05) is 13.6 Å². The van der Waals surface area contributed by atoms with E-state index in [1.807, 2.05) is 7.05 Å². The fourth-order valence-corrected chi connectivity index (χ4v) is 1.90. The highest BCUT2D eigenvalue weighted by Gasteiger charge is 2.34. The van der Waals surface area contributed by atoms with Gasteiger partial charge in [0.1, 0.15) is 6.54 Å². The molecule has 0 bridgehead atoms. The van der Waals surface area contributed by atoms with Crippen LogP contribution in [-0.4, -0.2) is 45.4 Å². The van der Waals surface area contributed by atoms with Crippen LogP contribution >= 0.6 is 0 Å². The van der Waals surface area contributed by atoms with Gasteiger partial charge in [0.05, 0.1) is 6.20 Å². The molecule has 2 rings (SSSR count). The number of hydrogen-bond donors (Lipinski definition) is 1. The predicted molar refractivity (Wildman–Crippen MR) is 58.4 cm³/mol. The summed E-state index contributed by atoms with van der Waals surface area (Å²) in [4.78, 5) is 13.7. The molecule has 0 aliphatic heterocycles. The van der Waals surface area contributed by atoms with Crippen LogP contribution in [0.25, 0.3) is 0 Å². The monoisotopic (exact) mass is 223 g/mol. The molecule has 1 unspecified atom stereocenters. The fraction of sp³-hybridized carbons (Fsp3) is 0.700. The maximum Gasteiger partial charge on any atom is 0.244 e. The first-order valence-corrected chi connectivity index (χ1v) is 5.52. The van der Waals surface area contributed by atoms with Crippen LogP contribution < -0.4 is 5.73 Å². The number of hydrogen-bond acceptors (Lipinski definition) is 4. The minimum Gasteiger partial charge on any atom is -0.340 e. The van der Waals surface area contributed by atoms with Crippen LogP contribution in [0.5, 0.6) is 0 Å². The van der Waals surface area contributed by atoms with Crippen molar-refractivity contribution < 1.29 is 4.79 Å². The Bertz CT molecular complexity index is 346. The lowest BCUT2D eigenvalue weighted by Crippen LogP contribution is -2.44. The smallest absolute Gasteiger partial charge is 0.244 e. The summed E-state index contributed by atoms with van der Waals surface area (Å²) in [5, 5.41) is 7.44. The molecule has 1 aromatic rings. The molecule has 1 aliphatic rings. The Labute approximate surface area is 94.4 Å². The number of carbonyl (C=O) groups excluding carboxylic acids is 1. The lowest BCUT2D eigenvalue weighted by Gasteiger charge is -2.27. The molecule has 1 heterocycles. The van der Waals surface area contributed by atoms with Gasteiger partial charge in [-0.05, 0) is 18.8 Å². The van der Waals surface area contributed by atoms with Crippen molar-refractivity contribution in [3.63, 3.8) is 0 Å². The van der Waals surface area contributed by atoms with Gasteiger partial charge < -0.3 is 10.6 Å². The number of amides is 1. The highest BCUT2D eigenvalue weighted by atomic mass is 16.2. The largest absolute Gasteiger partial charge is 0.340 e. The number of likely N-dealkylation sites (N-methyl/N-ethyl adjacent to an activating group) is 1. The van der Waals surface area contributed by atoms with E-state index in [1.165, 1.54) is 17.5 Å². The Kier molecular flexibility index (Phi) is 3.19. The van der Waals surface area contributed by atoms with E-state index in [2.05, 4.69) is 10.3 Å². The van der Waals surface area contributed by atoms with Crippen molar-refractivity contribution in [2.45, 2.75) is 25.4 Å². The third-order valence-corrected chi connectivity index (χ3v) is 3.07. The normalized spacial score (nSPS) is 17.1. The summed E-state index contributed by atoms with van der Waals surface area (Å²) in [5.41, 5.74) is 5.70. The first-order valence-electron chi connectivity index (χ1n) is 5.52. The highest BCUT2D eigenvalue weighted by molar-refractivity contribution is 5.76. The van der Waals surface area contributed by atoms with Gasteiger partial charge in [-0.15, -0.1) is 5.10 Å². The first-order chi connectivity index (χ1) is 7.72. The molecule has 1 amide bonds. The average Bonchev–Trinajstić information content (AvgIpc) is 2.97. The zero-order valence-corrected chi connectivity index (χ0v) is 9.41. The quantitative estimate of drug-likeness (QED) is 0.728. The summed E-state index contributed by atoms with van der Waals surface area (Å²) in [6.45, 7) is 0.768. The van der Waals surface area contributed by atoms with Gasteiger partial charge in [0, 0.05) is 25.8 Å². The standard InChI is InChI=1S/C10H17N5O/c1-14(9(6-11)8-2-3-8)10(16)7-15-5-4-12-13-15/h4-5,8-9H,2-3,6-7,11H2,1H3. The van der Waals surface area contributed by atoms with E-state index in [-0.39, 0.29) is 18.5 Å². The molecule has 88 valence electrons. The van der Waals surface area contributed by atoms with E-state index in [9.17, 15) is 4.79 Å². The average molecular weight is 223 g/mol. The van der Waals surface area contributed by atoms with Crippen molar-refractivity contribution in [1.82, 2.24) is 19.9 Å². The number of rotatable bonds is 5. The summed E-state index contributed by atoms with van der Waals surface area (Å²) in [7, 11) is 1.81. The lowest BCUT2D eigenvalue weighted by molar-refractivity contribution is -0.133. The summed E-state index contributed by atoms with van der Waals surface area (Å²) in [6, 6.07) is 0.177. The van der Waals surface area contributed by atoms with Gasteiger partial charge in [0.15, 0.2) is 0 Å². The minimum absolute atomic E-state index is 0.0350. The summed E-state index contributed by atoms with van der Waals surface area (Å²) in [5.74, 6) is 0.627. The van der Waals surface area contributed by atoms with Crippen molar-refractivity contribution in [1.29, 1.82) is 0 Å². The van der Waals surface area contributed by atoms with Gasteiger partial charge in [0.2, 0.25) is 5.91 Å². The van der Waals surface area contributed by atoms with E-state index in [0.717, 1.165) is 0 Å². The second-order valence-corrected chi connectivity index (χ2v) is 4.25. The van der Waals surface area contributed by atoms with Gasteiger partial charge >= 0.3 is 0 Å². The van der Waals surface area contributed by atoms with Crippen molar-refractivity contribution in [3.05, 3.63) is 12.4 Å². The van der Waals surface area contributed by atoms with Crippen molar-refractivity contribution in [3.8, 4) is 0 Å². The maximum atomic E-state index is 11.9. The molecule has 1 aromatic heterocycles. The molecule has 6 nitrogen and oxygen atoms in total. The van der Waals surface area contributed by atoms with Gasteiger partial charge in [-0.2, -0.15) is 0 Å². The van der Waals surface area contributed by atoms with Gasteiger partial charge in [-0.3, -0.25) is 4.79 Å². The van der Waals surface area contributed by atoms with Crippen LogP contribution in [0, 0.1) is 5.92 Å². The number of nitrogens with two attached hydrogens (primary N) is 1. The van der Waals surface area contributed by atoms with E-state index < -0.39 is 0 Å². The van der Waals surface area contributed by atoms with Crippen LogP contribution in [0.15, 0.2) is 12.4 Å². The van der Waals surface area contributed by atoms with E-state index in [1.54, 1.807) is 17.3 Å². The van der Waals surface area contributed by atoms with Gasteiger partial charge in [-0.1, -0.05) is 5.21 Å². The van der Waals surface area contributed by atoms with Crippen LogP contribution in [0.4, 0.5) is 0 Å². The lowest BCUT2D eigenvalue weighted by atomic mass is 10.1. The molecule has 1 fully saturated rings. The van der Waals surface area contributed by atoms with Crippen molar-refractivity contribution in [2.24, 2.45) is 11.7 Å². The molecule has 0 aromatic carbocycles. The third-order valence-electron chi connectivity index (χ3n) is 3.07. The molecule has 0 radical (unpaired) electrons. The fourth-order valence-electron chi connectivity index (χ4n) is 1.90. The molecule has 1 atom stereocenters. The number of nitrogens with zero attached hydrogens (tertiary/aromatic N) is 4. The Morgan fingerprint density at radius 2 is 2.44 bits per heavy atom. The second kappa shape index (κ2) is 4.61. The van der Waals surface area contributed by atoms with Gasteiger partial charge in [-0.25, -0.2) is 4.68 Å². The highest BCUT2D eigenvalue weighted by Crippen LogP contribution is 2.34. The topological polar surface area (TPSA) is 77.0 Å². The molecule has 2 N–H and O–H groups in total. The summed E-state index contributed by atoms with van der Waals surface area (Å²) < 4.78 is 1.53. The minimum atomic E-state index is 0.0350. The zero-order valence-electron chi connectivity index (χ0n) is 9.41.